The summed E-state index contributed by atoms with van der Waals surface area (Å²) in [4.78, 5) is 12.3. The predicted molar refractivity (Wildman–Crippen MR) is 124 cm³/mol. The molecule has 2 aromatic carbocycles. The van der Waals surface area contributed by atoms with Gasteiger partial charge in [-0.1, -0.05) is 32.0 Å². The first-order valence-electron chi connectivity index (χ1n) is 10.5. The smallest absolute Gasteiger partial charge is 0.270 e. The number of halogens is 2. The molecule has 1 atom stereocenters. The highest BCUT2D eigenvalue weighted by molar-refractivity contribution is 7.94. The summed E-state index contributed by atoms with van der Waals surface area (Å²) in [6.07, 6.45) is 1.24. The molecule has 2 rings (SSSR count). The number of rotatable bonds is 10. The summed E-state index contributed by atoms with van der Waals surface area (Å²) >= 11 is 0. The van der Waals surface area contributed by atoms with Gasteiger partial charge in [-0.2, -0.15) is 0 Å². The highest BCUT2D eigenvalue weighted by atomic mass is 32.2. The first-order chi connectivity index (χ1) is 15.4. The van der Waals surface area contributed by atoms with Gasteiger partial charge in [0.25, 0.3) is 5.92 Å². The zero-order valence-corrected chi connectivity index (χ0v) is 19.8. The molecule has 0 aliphatic heterocycles. The number of hydrogen-bond acceptors (Lipinski definition) is 5. The molecule has 0 aliphatic rings. The van der Waals surface area contributed by atoms with Crippen LogP contribution in [-0.2, 0) is 20.6 Å². The van der Waals surface area contributed by atoms with Gasteiger partial charge >= 0.3 is 0 Å². The fourth-order valence-electron chi connectivity index (χ4n) is 3.08. The molecule has 0 spiro atoms. The summed E-state index contributed by atoms with van der Waals surface area (Å²) < 4.78 is 58.4. The second kappa shape index (κ2) is 10.9. The molecule has 0 unspecified atom stereocenters. The molecule has 6 nitrogen and oxygen atoms in total. The number of benzene rings is 2. The Morgan fingerprint density at radius 2 is 1.91 bits per heavy atom. The SMILES string of the molecule is CCOc1cc(NC(=O)[C@@H](CO)C(C)C)ccc1S(=O)(=O)/C=C/c1cccc(C(C)(F)F)c1. The van der Waals surface area contributed by atoms with E-state index in [4.69, 9.17) is 4.74 Å². The molecule has 9 heteroatoms. The monoisotopic (exact) mass is 481 g/mol. The molecule has 0 bridgehead atoms. The average molecular weight is 482 g/mol. The van der Waals surface area contributed by atoms with Crippen molar-refractivity contribution in [1.82, 2.24) is 0 Å². The van der Waals surface area contributed by atoms with E-state index in [1.807, 2.05) is 13.8 Å². The van der Waals surface area contributed by atoms with Crippen molar-refractivity contribution >= 4 is 27.5 Å². The predicted octanol–water partition coefficient (Wildman–Crippen LogP) is 4.84. The van der Waals surface area contributed by atoms with Crippen LogP contribution in [0.3, 0.4) is 0 Å². The molecular weight excluding hydrogens is 452 g/mol. The fraction of sp³-hybridized carbons (Fsp3) is 0.375. The van der Waals surface area contributed by atoms with Crippen molar-refractivity contribution in [2.45, 2.75) is 38.5 Å². The van der Waals surface area contributed by atoms with Crippen LogP contribution in [0.1, 0.15) is 38.8 Å². The van der Waals surface area contributed by atoms with E-state index < -0.39 is 27.6 Å². The third-order valence-electron chi connectivity index (χ3n) is 4.99. The van der Waals surface area contributed by atoms with E-state index in [2.05, 4.69) is 5.32 Å². The van der Waals surface area contributed by atoms with Crippen molar-refractivity contribution in [2.24, 2.45) is 11.8 Å². The van der Waals surface area contributed by atoms with E-state index >= 15 is 0 Å². The third kappa shape index (κ3) is 7.10. The number of carbonyl (C=O) groups is 1. The Bertz CT molecular complexity index is 1110. The lowest BCUT2D eigenvalue weighted by Crippen LogP contribution is -2.29. The maximum absolute atomic E-state index is 13.6. The lowest BCUT2D eigenvalue weighted by Gasteiger charge is -2.18. The van der Waals surface area contributed by atoms with Crippen LogP contribution in [0.25, 0.3) is 6.08 Å². The Labute approximate surface area is 193 Å². The van der Waals surface area contributed by atoms with Gasteiger partial charge in [0.2, 0.25) is 15.7 Å². The Morgan fingerprint density at radius 3 is 2.48 bits per heavy atom. The number of sulfone groups is 1. The van der Waals surface area contributed by atoms with Crippen LogP contribution in [-0.4, -0.2) is 32.6 Å². The van der Waals surface area contributed by atoms with Crippen LogP contribution < -0.4 is 10.1 Å². The summed E-state index contributed by atoms with van der Waals surface area (Å²) in [5, 5.41) is 13.0. The van der Waals surface area contributed by atoms with Gasteiger partial charge in [-0.3, -0.25) is 4.79 Å². The number of nitrogens with one attached hydrogen (secondary N) is 1. The minimum atomic E-state index is -3.99. The zero-order valence-electron chi connectivity index (χ0n) is 19.0. The normalized spacial score (nSPS) is 13.3. The van der Waals surface area contributed by atoms with Gasteiger partial charge in [-0.25, -0.2) is 17.2 Å². The largest absolute Gasteiger partial charge is 0.492 e. The minimum Gasteiger partial charge on any atom is -0.492 e. The summed E-state index contributed by atoms with van der Waals surface area (Å²) in [6, 6.07) is 9.57. The quantitative estimate of drug-likeness (QED) is 0.506. The van der Waals surface area contributed by atoms with Crippen LogP contribution in [0.4, 0.5) is 14.5 Å². The fourth-order valence-corrected chi connectivity index (χ4v) is 4.22. The van der Waals surface area contributed by atoms with E-state index in [-0.39, 0.29) is 35.3 Å². The summed E-state index contributed by atoms with van der Waals surface area (Å²) in [7, 11) is -3.99. The van der Waals surface area contributed by atoms with Crippen LogP contribution in [0.15, 0.2) is 52.8 Å². The number of hydrogen-bond donors (Lipinski definition) is 2. The Kier molecular flexibility index (Phi) is 8.74. The number of aliphatic hydroxyl groups excluding tert-OH is 1. The maximum atomic E-state index is 13.6. The highest BCUT2D eigenvalue weighted by Crippen LogP contribution is 2.31. The van der Waals surface area contributed by atoms with Crippen molar-refractivity contribution in [3.63, 3.8) is 0 Å². The molecule has 0 aromatic heterocycles. The molecule has 180 valence electrons. The molecule has 2 N–H and O–H groups in total. The highest BCUT2D eigenvalue weighted by Gasteiger charge is 2.25. The third-order valence-corrected chi connectivity index (χ3v) is 6.43. The van der Waals surface area contributed by atoms with Crippen LogP contribution in [0, 0.1) is 11.8 Å². The first-order valence-corrected chi connectivity index (χ1v) is 12.0. The molecule has 2 aromatic rings. The molecule has 33 heavy (non-hydrogen) atoms. The zero-order chi connectivity index (χ0) is 24.8. The van der Waals surface area contributed by atoms with E-state index in [0.29, 0.717) is 11.3 Å². The lowest BCUT2D eigenvalue weighted by atomic mass is 9.96. The maximum Gasteiger partial charge on any atom is 0.270 e. The molecular formula is C24H29F2NO5S. The van der Waals surface area contributed by atoms with Crippen LogP contribution in [0.2, 0.25) is 0 Å². The second-order valence-electron chi connectivity index (χ2n) is 7.98. The Morgan fingerprint density at radius 1 is 1.21 bits per heavy atom. The van der Waals surface area contributed by atoms with E-state index in [1.54, 1.807) is 6.92 Å². The summed E-state index contributed by atoms with van der Waals surface area (Å²) in [5.74, 6) is -4.09. The van der Waals surface area contributed by atoms with Gasteiger partial charge < -0.3 is 15.2 Å². The van der Waals surface area contributed by atoms with Crippen LogP contribution in [0.5, 0.6) is 5.75 Å². The lowest BCUT2D eigenvalue weighted by molar-refractivity contribution is -0.122. The molecule has 0 saturated heterocycles. The molecule has 0 aliphatic carbocycles. The average Bonchev–Trinajstić information content (AvgIpc) is 2.72. The van der Waals surface area contributed by atoms with Crippen molar-refractivity contribution in [3.05, 3.63) is 59.0 Å². The molecule has 0 heterocycles. The van der Waals surface area contributed by atoms with E-state index in [0.717, 1.165) is 12.3 Å². The van der Waals surface area contributed by atoms with Crippen molar-refractivity contribution in [2.75, 3.05) is 18.5 Å². The first kappa shape index (κ1) is 26.5. The topological polar surface area (TPSA) is 92.7 Å². The number of ether oxygens (including phenoxy) is 1. The molecule has 0 fully saturated rings. The molecule has 1 amide bonds. The van der Waals surface area contributed by atoms with Crippen molar-refractivity contribution in [1.29, 1.82) is 0 Å². The number of carbonyl (C=O) groups excluding carboxylic acids is 1. The molecule has 0 saturated carbocycles. The van der Waals surface area contributed by atoms with Gasteiger partial charge in [-0.05, 0) is 42.7 Å². The standard InChI is InChI=1S/C24H29F2NO5S/c1-5-32-21-14-19(27-23(29)20(15-28)16(2)3)9-10-22(21)33(30,31)12-11-17-7-6-8-18(13-17)24(4,25)26/h6-14,16,20,28H,5,15H2,1-4H3,(H,27,29)/b12-11+/t20-/m0/s1. The van der Waals surface area contributed by atoms with Gasteiger partial charge in [0.1, 0.15) is 10.6 Å². The van der Waals surface area contributed by atoms with Crippen molar-refractivity contribution in [3.8, 4) is 5.75 Å². The Hall–Kier alpha value is -2.78. The minimum absolute atomic E-state index is 0.0406. The summed E-state index contributed by atoms with van der Waals surface area (Å²) in [6.45, 7) is 5.95. The van der Waals surface area contributed by atoms with Gasteiger partial charge in [0.15, 0.2) is 0 Å². The second-order valence-corrected chi connectivity index (χ2v) is 9.78. The van der Waals surface area contributed by atoms with E-state index in [9.17, 15) is 27.1 Å². The Balaban J connectivity index is 2.34. The number of anilines is 1. The van der Waals surface area contributed by atoms with Gasteiger partial charge in [-0.15, -0.1) is 0 Å². The van der Waals surface area contributed by atoms with Gasteiger partial charge in [0.05, 0.1) is 19.1 Å². The number of aliphatic hydroxyl groups is 1. The van der Waals surface area contributed by atoms with Crippen LogP contribution >= 0.6 is 0 Å². The van der Waals surface area contributed by atoms with Gasteiger partial charge in [0, 0.05) is 29.6 Å². The summed E-state index contributed by atoms with van der Waals surface area (Å²) in [5.41, 5.74) is 0.409. The van der Waals surface area contributed by atoms with E-state index in [1.165, 1.54) is 48.5 Å². The molecule has 0 radical (unpaired) electrons. The number of amides is 1. The van der Waals surface area contributed by atoms with Crippen molar-refractivity contribution < 1.29 is 31.8 Å². The number of alkyl halides is 2.